The molecular weight excluding hydrogens is 365 g/mol. The fourth-order valence-electron chi connectivity index (χ4n) is 2.37. The number of guanidine groups is 1. The van der Waals surface area contributed by atoms with Crippen molar-refractivity contribution in [3.8, 4) is 0 Å². The van der Waals surface area contributed by atoms with Crippen LogP contribution in [-0.2, 0) is 6.42 Å². The Morgan fingerprint density at radius 1 is 1.45 bits per heavy atom. The van der Waals surface area contributed by atoms with Crippen LogP contribution in [-0.4, -0.2) is 37.0 Å². The number of halogens is 1. The number of hydrogen-bond donors (Lipinski definition) is 1. The van der Waals surface area contributed by atoms with Gasteiger partial charge in [0.1, 0.15) is 5.76 Å². The van der Waals surface area contributed by atoms with Crippen molar-refractivity contribution in [3.05, 3.63) is 24.2 Å². The molecule has 2 rings (SSSR count). The Bertz CT molecular complexity index is 384. The van der Waals surface area contributed by atoms with Crippen LogP contribution in [0.3, 0.4) is 0 Å². The van der Waals surface area contributed by atoms with Crippen LogP contribution in [0, 0.1) is 5.92 Å². The summed E-state index contributed by atoms with van der Waals surface area (Å²) in [5, 5.41) is 3.39. The highest BCUT2D eigenvalue weighted by atomic mass is 127. The SMILES string of the molecule is CCNC(=NCCc1ccco1)N1CCC(C)CC1.I. The van der Waals surface area contributed by atoms with Crippen LogP contribution in [0.25, 0.3) is 0 Å². The van der Waals surface area contributed by atoms with Crippen LogP contribution in [0.2, 0.25) is 0 Å². The number of nitrogens with zero attached hydrogens (tertiary/aromatic N) is 2. The summed E-state index contributed by atoms with van der Waals surface area (Å²) < 4.78 is 5.33. The maximum absolute atomic E-state index is 5.33. The van der Waals surface area contributed by atoms with E-state index in [-0.39, 0.29) is 24.0 Å². The lowest BCUT2D eigenvalue weighted by Crippen LogP contribution is -2.45. The maximum Gasteiger partial charge on any atom is 0.193 e. The zero-order valence-corrected chi connectivity index (χ0v) is 14.8. The Balaban J connectivity index is 0.00000200. The molecule has 20 heavy (non-hydrogen) atoms. The van der Waals surface area contributed by atoms with E-state index >= 15 is 0 Å². The molecular formula is C15H26IN3O. The Kier molecular flexibility index (Phi) is 8.02. The number of rotatable bonds is 4. The first-order valence-electron chi connectivity index (χ1n) is 7.35. The summed E-state index contributed by atoms with van der Waals surface area (Å²) in [6.45, 7) is 8.39. The molecule has 1 saturated heterocycles. The van der Waals surface area contributed by atoms with Crippen molar-refractivity contribution >= 4 is 29.9 Å². The summed E-state index contributed by atoms with van der Waals surface area (Å²) in [5.41, 5.74) is 0. The van der Waals surface area contributed by atoms with E-state index in [1.807, 2.05) is 12.1 Å². The minimum Gasteiger partial charge on any atom is -0.469 e. The molecule has 1 aliphatic rings. The molecule has 1 aliphatic heterocycles. The van der Waals surface area contributed by atoms with E-state index in [9.17, 15) is 0 Å². The monoisotopic (exact) mass is 391 g/mol. The van der Waals surface area contributed by atoms with Crippen molar-refractivity contribution in [3.63, 3.8) is 0 Å². The minimum atomic E-state index is 0. The molecule has 114 valence electrons. The van der Waals surface area contributed by atoms with Crippen LogP contribution in [0.5, 0.6) is 0 Å². The summed E-state index contributed by atoms with van der Waals surface area (Å²) >= 11 is 0. The first-order chi connectivity index (χ1) is 9.29. The Hall–Kier alpha value is -0.720. The van der Waals surface area contributed by atoms with Gasteiger partial charge in [-0.05, 0) is 37.8 Å². The van der Waals surface area contributed by atoms with E-state index in [0.29, 0.717) is 0 Å². The van der Waals surface area contributed by atoms with Crippen molar-refractivity contribution < 1.29 is 4.42 Å². The van der Waals surface area contributed by atoms with Crippen LogP contribution in [0.4, 0.5) is 0 Å². The smallest absolute Gasteiger partial charge is 0.193 e. The third-order valence-corrected chi connectivity index (χ3v) is 3.62. The molecule has 0 radical (unpaired) electrons. The van der Waals surface area contributed by atoms with Crippen molar-refractivity contribution in [1.82, 2.24) is 10.2 Å². The minimum absolute atomic E-state index is 0. The van der Waals surface area contributed by atoms with E-state index < -0.39 is 0 Å². The van der Waals surface area contributed by atoms with Crippen molar-refractivity contribution in [1.29, 1.82) is 0 Å². The van der Waals surface area contributed by atoms with Gasteiger partial charge in [-0.1, -0.05) is 6.92 Å². The fraction of sp³-hybridized carbons (Fsp3) is 0.667. The van der Waals surface area contributed by atoms with Gasteiger partial charge in [0, 0.05) is 32.6 Å². The fourth-order valence-corrected chi connectivity index (χ4v) is 2.37. The van der Waals surface area contributed by atoms with Gasteiger partial charge in [0.15, 0.2) is 5.96 Å². The van der Waals surface area contributed by atoms with Gasteiger partial charge in [0.25, 0.3) is 0 Å². The van der Waals surface area contributed by atoms with E-state index in [4.69, 9.17) is 9.41 Å². The molecule has 0 unspecified atom stereocenters. The first-order valence-corrected chi connectivity index (χ1v) is 7.35. The van der Waals surface area contributed by atoms with E-state index in [1.54, 1.807) is 6.26 Å². The lowest BCUT2D eigenvalue weighted by atomic mass is 10.00. The van der Waals surface area contributed by atoms with Gasteiger partial charge in [-0.3, -0.25) is 4.99 Å². The molecule has 5 heteroatoms. The van der Waals surface area contributed by atoms with Gasteiger partial charge in [0.2, 0.25) is 0 Å². The van der Waals surface area contributed by atoms with Gasteiger partial charge in [-0.15, -0.1) is 24.0 Å². The van der Waals surface area contributed by atoms with Gasteiger partial charge < -0.3 is 14.6 Å². The third kappa shape index (κ3) is 5.34. The van der Waals surface area contributed by atoms with Crippen LogP contribution >= 0.6 is 24.0 Å². The van der Waals surface area contributed by atoms with E-state index in [0.717, 1.165) is 50.2 Å². The number of aliphatic imine (C=N–C) groups is 1. The van der Waals surface area contributed by atoms with Crippen molar-refractivity contribution in [2.24, 2.45) is 10.9 Å². The van der Waals surface area contributed by atoms with Crippen LogP contribution in [0.1, 0.15) is 32.4 Å². The standard InChI is InChI=1S/C15H25N3O.HI/c1-3-16-15(18-10-7-13(2)8-11-18)17-9-6-14-5-4-12-19-14;/h4-5,12-13H,3,6-11H2,1-2H3,(H,16,17);1H. The quantitative estimate of drug-likeness (QED) is 0.487. The van der Waals surface area contributed by atoms with Crippen molar-refractivity contribution in [2.75, 3.05) is 26.2 Å². The predicted octanol–water partition coefficient (Wildman–Crippen LogP) is 3.14. The topological polar surface area (TPSA) is 40.8 Å². The highest BCUT2D eigenvalue weighted by molar-refractivity contribution is 14.0. The molecule has 0 aliphatic carbocycles. The second-order valence-electron chi connectivity index (χ2n) is 5.23. The molecule has 0 aromatic carbocycles. The molecule has 0 saturated carbocycles. The zero-order chi connectivity index (χ0) is 13.5. The van der Waals surface area contributed by atoms with Gasteiger partial charge >= 0.3 is 0 Å². The summed E-state index contributed by atoms with van der Waals surface area (Å²) in [5.74, 6) is 2.91. The lowest BCUT2D eigenvalue weighted by molar-refractivity contribution is 0.273. The predicted molar refractivity (Wildman–Crippen MR) is 93.8 cm³/mol. The maximum atomic E-state index is 5.33. The molecule has 2 heterocycles. The largest absolute Gasteiger partial charge is 0.469 e. The second-order valence-corrected chi connectivity index (χ2v) is 5.23. The Labute approximate surface area is 139 Å². The van der Waals surface area contributed by atoms with Crippen molar-refractivity contribution in [2.45, 2.75) is 33.1 Å². The van der Waals surface area contributed by atoms with Gasteiger partial charge in [-0.2, -0.15) is 0 Å². The summed E-state index contributed by atoms with van der Waals surface area (Å²) in [4.78, 5) is 7.09. The number of likely N-dealkylation sites (tertiary alicyclic amines) is 1. The molecule has 0 bridgehead atoms. The second kappa shape index (κ2) is 9.26. The summed E-state index contributed by atoms with van der Waals surface area (Å²) in [7, 11) is 0. The molecule has 0 amide bonds. The van der Waals surface area contributed by atoms with Crippen LogP contribution in [0.15, 0.2) is 27.8 Å². The Morgan fingerprint density at radius 3 is 2.80 bits per heavy atom. The number of nitrogens with one attached hydrogen (secondary N) is 1. The molecule has 4 nitrogen and oxygen atoms in total. The van der Waals surface area contributed by atoms with Gasteiger partial charge in [-0.25, -0.2) is 0 Å². The summed E-state index contributed by atoms with van der Waals surface area (Å²) in [6.07, 6.45) is 5.12. The molecule has 1 fully saturated rings. The number of piperidine rings is 1. The normalized spacial score (nSPS) is 16.9. The Morgan fingerprint density at radius 2 is 2.20 bits per heavy atom. The van der Waals surface area contributed by atoms with Crippen LogP contribution < -0.4 is 5.32 Å². The highest BCUT2D eigenvalue weighted by Gasteiger charge is 2.18. The van der Waals surface area contributed by atoms with Gasteiger partial charge in [0.05, 0.1) is 6.26 Å². The summed E-state index contributed by atoms with van der Waals surface area (Å²) in [6, 6.07) is 3.93. The molecule has 0 atom stereocenters. The molecule has 0 spiro atoms. The highest BCUT2D eigenvalue weighted by Crippen LogP contribution is 2.15. The molecule has 1 N–H and O–H groups in total. The van der Waals surface area contributed by atoms with E-state index in [1.165, 1.54) is 12.8 Å². The molecule has 1 aromatic heterocycles. The molecule has 1 aromatic rings. The van der Waals surface area contributed by atoms with E-state index in [2.05, 4.69) is 24.1 Å². The first kappa shape index (κ1) is 17.3. The lowest BCUT2D eigenvalue weighted by Gasteiger charge is -2.33. The average Bonchev–Trinajstić information content (AvgIpc) is 2.92. The number of furan rings is 1. The number of hydrogen-bond acceptors (Lipinski definition) is 2. The zero-order valence-electron chi connectivity index (χ0n) is 12.5. The average molecular weight is 391 g/mol. The third-order valence-electron chi connectivity index (χ3n) is 3.62.